The van der Waals surface area contributed by atoms with Crippen molar-refractivity contribution in [1.29, 1.82) is 0 Å². The second-order valence-corrected chi connectivity index (χ2v) is 6.75. The van der Waals surface area contributed by atoms with Gasteiger partial charge in [0, 0.05) is 31.6 Å². The molecule has 1 aromatic rings. The maximum atomic E-state index is 12.5. The first kappa shape index (κ1) is 15.0. The van der Waals surface area contributed by atoms with Crippen LogP contribution >= 0.6 is 11.3 Å². The summed E-state index contributed by atoms with van der Waals surface area (Å²) in [4.78, 5) is 17.0. The summed E-state index contributed by atoms with van der Waals surface area (Å²) in [5, 5.41) is 3.90. The van der Waals surface area contributed by atoms with Crippen molar-refractivity contribution in [2.45, 2.75) is 31.8 Å². The van der Waals surface area contributed by atoms with Gasteiger partial charge in [-0.1, -0.05) is 6.42 Å². The molecule has 116 valence electrons. The second-order valence-electron chi connectivity index (χ2n) is 5.97. The molecule has 3 heterocycles. The third-order valence-corrected chi connectivity index (χ3v) is 5.00. The zero-order valence-electron chi connectivity index (χ0n) is 12.5. The summed E-state index contributed by atoms with van der Waals surface area (Å²) in [6.07, 6.45) is 5.04. The smallest absolute Gasteiger partial charge is 0.254 e. The van der Waals surface area contributed by atoms with Gasteiger partial charge in [0.2, 0.25) is 0 Å². The fourth-order valence-corrected chi connectivity index (χ4v) is 3.82. The summed E-state index contributed by atoms with van der Waals surface area (Å²) < 4.78 is 5.97. The van der Waals surface area contributed by atoms with Crippen molar-refractivity contribution in [2.75, 3.05) is 39.3 Å². The molecule has 2 aliphatic rings. The molecule has 0 bridgehead atoms. The molecule has 21 heavy (non-hydrogen) atoms. The summed E-state index contributed by atoms with van der Waals surface area (Å²) in [6.45, 7) is 5.63. The molecule has 2 fully saturated rings. The third kappa shape index (κ3) is 4.05. The van der Waals surface area contributed by atoms with Gasteiger partial charge in [-0.15, -0.1) is 0 Å². The van der Waals surface area contributed by atoms with Gasteiger partial charge in [0.15, 0.2) is 0 Å². The number of carbonyl (C=O) groups is 1. The number of carbonyl (C=O) groups excluding carboxylic acids is 1. The number of nitrogens with zero attached hydrogens (tertiary/aromatic N) is 2. The van der Waals surface area contributed by atoms with E-state index in [1.807, 2.05) is 21.7 Å². The van der Waals surface area contributed by atoms with Crippen LogP contribution in [0.5, 0.6) is 0 Å². The van der Waals surface area contributed by atoms with Crippen molar-refractivity contribution in [3.63, 3.8) is 0 Å². The quantitative estimate of drug-likeness (QED) is 0.860. The Bertz CT molecular complexity index is 443. The van der Waals surface area contributed by atoms with Crippen LogP contribution in [0.2, 0.25) is 0 Å². The molecule has 0 spiro atoms. The molecule has 1 atom stereocenters. The van der Waals surface area contributed by atoms with Gasteiger partial charge in [-0.25, -0.2) is 0 Å². The Morgan fingerprint density at radius 1 is 1.24 bits per heavy atom. The average Bonchev–Trinajstić information content (AvgIpc) is 2.95. The molecule has 2 aliphatic heterocycles. The van der Waals surface area contributed by atoms with E-state index in [1.165, 1.54) is 32.4 Å². The normalized spacial score (nSPS) is 24.8. The lowest BCUT2D eigenvalue weighted by Crippen LogP contribution is -2.43. The summed E-state index contributed by atoms with van der Waals surface area (Å²) >= 11 is 1.58. The Morgan fingerprint density at radius 3 is 2.86 bits per heavy atom. The first-order chi connectivity index (χ1) is 10.3. The van der Waals surface area contributed by atoms with Crippen LogP contribution < -0.4 is 0 Å². The Balaban J connectivity index is 1.59. The number of thiophene rings is 1. The maximum absolute atomic E-state index is 12.5. The van der Waals surface area contributed by atoms with Gasteiger partial charge in [-0.3, -0.25) is 4.79 Å². The van der Waals surface area contributed by atoms with Crippen LogP contribution in [0.4, 0.5) is 0 Å². The first-order valence-corrected chi connectivity index (χ1v) is 8.92. The molecule has 5 heteroatoms. The van der Waals surface area contributed by atoms with Gasteiger partial charge < -0.3 is 14.5 Å². The molecule has 2 saturated heterocycles. The summed E-state index contributed by atoms with van der Waals surface area (Å²) in [5.41, 5.74) is 0.818. The van der Waals surface area contributed by atoms with E-state index in [0.717, 1.165) is 38.2 Å². The van der Waals surface area contributed by atoms with Gasteiger partial charge >= 0.3 is 0 Å². The minimum absolute atomic E-state index is 0.158. The zero-order valence-corrected chi connectivity index (χ0v) is 13.3. The van der Waals surface area contributed by atoms with Crippen LogP contribution in [0.25, 0.3) is 0 Å². The van der Waals surface area contributed by atoms with Crippen molar-refractivity contribution in [3.05, 3.63) is 22.4 Å². The highest BCUT2D eigenvalue weighted by atomic mass is 32.1. The fraction of sp³-hybridized carbons (Fsp3) is 0.688. The summed E-state index contributed by atoms with van der Waals surface area (Å²) in [7, 11) is 0. The Kier molecular flexibility index (Phi) is 5.27. The van der Waals surface area contributed by atoms with Crippen LogP contribution in [0.3, 0.4) is 0 Å². The van der Waals surface area contributed by atoms with Crippen LogP contribution in [-0.4, -0.2) is 61.1 Å². The first-order valence-electron chi connectivity index (χ1n) is 7.98. The molecule has 0 aliphatic carbocycles. The topological polar surface area (TPSA) is 32.8 Å². The predicted octanol–water partition coefficient (Wildman–Crippen LogP) is 2.47. The van der Waals surface area contributed by atoms with E-state index in [2.05, 4.69) is 4.90 Å². The standard InChI is InChI=1S/C16H24N2O2S/c19-16(14-5-10-21-13-14)18-8-4-9-20-15(12-18)11-17-6-2-1-3-7-17/h5,10,13,15H,1-4,6-9,11-12H2/t15-/m1/s1. The molecule has 1 aromatic heterocycles. The van der Waals surface area contributed by atoms with Crippen LogP contribution in [-0.2, 0) is 4.74 Å². The molecule has 1 amide bonds. The van der Waals surface area contributed by atoms with E-state index in [9.17, 15) is 4.79 Å². The van der Waals surface area contributed by atoms with Crippen LogP contribution in [0.1, 0.15) is 36.0 Å². The second kappa shape index (κ2) is 7.38. The van der Waals surface area contributed by atoms with E-state index in [0.29, 0.717) is 0 Å². The largest absolute Gasteiger partial charge is 0.375 e. The minimum atomic E-state index is 0.158. The van der Waals surface area contributed by atoms with E-state index in [4.69, 9.17) is 4.74 Å². The molecule has 0 unspecified atom stereocenters. The van der Waals surface area contributed by atoms with Crippen molar-refractivity contribution in [2.24, 2.45) is 0 Å². The molecule has 4 nitrogen and oxygen atoms in total. The minimum Gasteiger partial charge on any atom is -0.375 e. The van der Waals surface area contributed by atoms with Crippen molar-refractivity contribution >= 4 is 17.2 Å². The number of amides is 1. The molecular weight excluding hydrogens is 284 g/mol. The van der Waals surface area contributed by atoms with Gasteiger partial charge in [0.1, 0.15) is 0 Å². The average molecular weight is 308 g/mol. The summed E-state index contributed by atoms with van der Waals surface area (Å²) in [6, 6.07) is 1.92. The molecule has 3 rings (SSSR count). The van der Waals surface area contributed by atoms with Crippen molar-refractivity contribution in [3.8, 4) is 0 Å². The highest BCUT2D eigenvalue weighted by molar-refractivity contribution is 7.08. The van der Waals surface area contributed by atoms with Crippen molar-refractivity contribution < 1.29 is 9.53 Å². The Labute approximate surface area is 130 Å². The van der Waals surface area contributed by atoms with Gasteiger partial charge in [0.05, 0.1) is 11.7 Å². The number of hydrogen-bond donors (Lipinski definition) is 0. The summed E-state index contributed by atoms with van der Waals surface area (Å²) in [5.74, 6) is 0.158. The van der Waals surface area contributed by atoms with Crippen LogP contribution in [0, 0.1) is 0 Å². The SMILES string of the molecule is O=C(c1ccsc1)N1CCCO[C@H](CN2CCCCC2)C1. The highest BCUT2D eigenvalue weighted by Gasteiger charge is 2.25. The fourth-order valence-electron chi connectivity index (χ4n) is 3.19. The number of piperidine rings is 1. The lowest BCUT2D eigenvalue weighted by molar-refractivity contribution is 0.0216. The van der Waals surface area contributed by atoms with E-state index >= 15 is 0 Å². The van der Waals surface area contributed by atoms with Gasteiger partial charge in [-0.05, 0) is 43.8 Å². The number of ether oxygens (including phenoxy) is 1. The Hall–Kier alpha value is -0.910. The van der Waals surface area contributed by atoms with E-state index in [-0.39, 0.29) is 12.0 Å². The van der Waals surface area contributed by atoms with Gasteiger partial charge in [-0.2, -0.15) is 11.3 Å². The van der Waals surface area contributed by atoms with Crippen LogP contribution in [0.15, 0.2) is 16.8 Å². The lowest BCUT2D eigenvalue weighted by Gasteiger charge is -2.31. The molecule has 0 saturated carbocycles. The van der Waals surface area contributed by atoms with E-state index < -0.39 is 0 Å². The number of rotatable bonds is 3. The third-order valence-electron chi connectivity index (χ3n) is 4.32. The molecular formula is C16H24N2O2S. The molecule has 0 aromatic carbocycles. The molecule has 0 N–H and O–H groups in total. The zero-order chi connectivity index (χ0) is 14.5. The lowest BCUT2D eigenvalue weighted by atomic mass is 10.1. The maximum Gasteiger partial charge on any atom is 0.254 e. The predicted molar refractivity (Wildman–Crippen MR) is 84.9 cm³/mol. The van der Waals surface area contributed by atoms with E-state index in [1.54, 1.807) is 11.3 Å². The Morgan fingerprint density at radius 2 is 2.10 bits per heavy atom. The monoisotopic (exact) mass is 308 g/mol. The molecule has 0 radical (unpaired) electrons. The van der Waals surface area contributed by atoms with Crippen molar-refractivity contribution in [1.82, 2.24) is 9.80 Å². The highest BCUT2D eigenvalue weighted by Crippen LogP contribution is 2.16. The number of hydrogen-bond acceptors (Lipinski definition) is 4. The van der Waals surface area contributed by atoms with Gasteiger partial charge in [0.25, 0.3) is 5.91 Å². The number of likely N-dealkylation sites (tertiary alicyclic amines) is 1.